The molecule has 0 aliphatic carbocycles. The van der Waals surface area contributed by atoms with Crippen LogP contribution < -0.4 is 5.43 Å². The van der Waals surface area contributed by atoms with Crippen LogP contribution in [-0.4, -0.2) is 13.1 Å². The summed E-state index contributed by atoms with van der Waals surface area (Å²) >= 11 is 0. The Morgan fingerprint density at radius 2 is 1.57 bits per heavy atom. The van der Waals surface area contributed by atoms with Gasteiger partial charge in [0, 0.05) is 0 Å². The lowest BCUT2D eigenvalue weighted by molar-refractivity contribution is -0.141. The Kier molecular flexibility index (Phi) is 4.77. The molecule has 1 heterocycles. The zero-order valence-corrected chi connectivity index (χ0v) is 15.3. The lowest BCUT2D eigenvalue weighted by Crippen LogP contribution is -2.22. The molecule has 4 nitrogen and oxygen atoms in total. The first-order chi connectivity index (χ1) is 13.7. The molecule has 0 radical (unpaired) electrons. The van der Waals surface area contributed by atoms with E-state index in [-0.39, 0.29) is 11.0 Å². The van der Waals surface area contributed by atoms with E-state index < -0.39 is 11.9 Å². The average Bonchev–Trinajstić information content (AvgIpc) is 2.76. The van der Waals surface area contributed by atoms with Gasteiger partial charge in [0.25, 0.3) is 0 Å². The van der Waals surface area contributed by atoms with Crippen LogP contribution in [0.3, 0.4) is 0 Å². The quantitative estimate of drug-likeness (QED) is 0.486. The molecular formula is C24H18O4. The van der Waals surface area contributed by atoms with Crippen LogP contribution >= 0.6 is 0 Å². The number of hydrogen-bond acceptors (Lipinski definition) is 4. The number of carbonyl (C=O) groups excluding carboxylic acids is 1. The van der Waals surface area contributed by atoms with Gasteiger partial charge in [-0.1, -0.05) is 66.7 Å². The van der Waals surface area contributed by atoms with Crippen molar-refractivity contribution in [3.63, 3.8) is 0 Å². The van der Waals surface area contributed by atoms with Crippen LogP contribution in [0, 0.1) is 0 Å². The molecule has 4 heteroatoms. The molecule has 0 spiro atoms. The molecule has 0 amide bonds. The molecular weight excluding hydrogens is 352 g/mol. The third-order valence-corrected chi connectivity index (χ3v) is 4.79. The van der Waals surface area contributed by atoms with Gasteiger partial charge in [0.1, 0.15) is 11.5 Å². The topological polar surface area (TPSA) is 56.5 Å². The summed E-state index contributed by atoms with van der Waals surface area (Å²) in [5.74, 6) is -1.34. The zero-order valence-electron chi connectivity index (χ0n) is 15.3. The SMILES string of the molecule is COC(=O)C(c1ccccc1)c1coc2ccc(-c3ccccc3)cc2c1=O. The van der Waals surface area contributed by atoms with Gasteiger partial charge in [-0.3, -0.25) is 9.59 Å². The number of rotatable bonds is 4. The highest BCUT2D eigenvalue weighted by molar-refractivity contribution is 5.86. The molecule has 0 fully saturated rings. The molecule has 1 unspecified atom stereocenters. The standard InChI is InChI=1S/C24H18O4/c1-27-24(26)22(17-10-6-3-7-11-17)20-15-28-21-13-12-18(14-19(21)23(20)25)16-8-4-2-5-9-16/h2-15,22H,1H3. The summed E-state index contributed by atoms with van der Waals surface area (Å²) in [6, 6.07) is 24.4. The molecule has 0 aliphatic rings. The lowest BCUT2D eigenvalue weighted by atomic mass is 9.91. The Hall–Kier alpha value is -3.66. The third kappa shape index (κ3) is 3.21. The predicted octanol–water partition coefficient (Wildman–Crippen LogP) is 4.76. The minimum atomic E-state index is -0.841. The van der Waals surface area contributed by atoms with Crippen LogP contribution in [0.15, 0.2) is 94.3 Å². The van der Waals surface area contributed by atoms with E-state index in [9.17, 15) is 9.59 Å². The van der Waals surface area contributed by atoms with E-state index in [2.05, 4.69) is 0 Å². The van der Waals surface area contributed by atoms with Crippen LogP contribution in [0.25, 0.3) is 22.1 Å². The smallest absolute Gasteiger partial charge is 0.317 e. The van der Waals surface area contributed by atoms with Crippen molar-refractivity contribution in [2.45, 2.75) is 5.92 Å². The number of benzene rings is 3. The summed E-state index contributed by atoms with van der Waals surface area (Å²) in [4.78, 5) is 25.8. The fraction of sp³-hybridized carbons (Fsp3) is 0.0833. The Morgan fingerprint density at radius 3 is 2.25 bits per heavy atom. The molecule has 0 bridgehead atoms. The number of hydrogen-bond donors (Lipinski definition) is 0. The van der Waals surface area contributed by atoms with Gasteiger partial charge in [-0.05, 0) is 28.8 Å². The summed E-state index contributed by atoms with van der Waals surface area (Å²) < 4.78 is 10.7. The Balaban J connectivity index is 1.90. The monoisotopic (exact) mass is 370 g/mol. The highest BCUT2D eigenvalue weighted by Gasteiger charge is 2.27. The summed E-state index contributed by atoms with van der Waals surface area (Å²) in [6.07, 6.45) is 1.36. The maximum atomic E-state index is 13.3. The molecule has 0 aliphatic heterocycles. The number of carbonyl (C=O) groups is 1. The fourth-order valence-electron chi connectivity index (χ4n) is 3.36. The number of methoxy groups -OCH3 is 1. The first kappa shape index (κ1) is 17.7. The molecule has 1 atom stereocenters. The van der Waals surface area contributed by atoms with Crippen LogP contribution in [0.2, 0.25) is 0 Å². The number of fused-ring (bicyclic) bond motifs is 1. The van der Waals surface area contributed by atoms with Crippen LogP contribution in [-0.2, 0) is 9.53 Å². The second kappa shape index (κ2) is 7.53. The normalized spacial score (nSPS) is 11.9. The van der Waals surface area contributed by atoms with Gasteiger partial charge in [-0.2, -0.15) is 0 Å². The fourth-order valence-corrected chi connectivity index (χ4v) is 3.36. The van der Waals surface area contributed by atoms with Crippen molar-refractivity contribution in [3.8, 4) is 11.1 Å². The van der Waals surface area contributed by atoms with E-state index in [1.54, 1.807) is 24.3 Å². The molecule has 4 rings (SSSR count). The van der Waals surface area contributed by atoms with E-state index in [0.717, 1.165) is 11.1 Å². The van der Waals surface area contributed by atoms with E-state index in [1.165, 1.54) is 13.4 Å². The lowest BCUT2D eigenvalue weighted by Gasteiger charge is -2.15. The van der Waals surface area contributed by atoms with E-state index in [1.807, 2.05) is 54.6 Å². The van der Waals surface area contributed by atoms with Gasteiger partial charge in [0.05, 0.1) is 24.3 Å². The molecule has 3 aromatic carbocycles. The van der Waals surface area contributed by atoms with Crippen LogP contribution in [0.5, 0.6) is 0 Å². The van der Waals surface area contributed by atoms with Crippen LogP contribution in [0.4, 0.5) is 0 Å². The zero-order chi connectivity index (χ0) is 19.5. The van der Waals surface area contributed by atoms with Crippen molar-refractivity contribution >= 4 is 16.9 Å². The Labute approximate surface area is 162 Å². The van der Waals surface area contributed by atoms with Crippen molar-refractivity contribution in [3.05, 3.63) is 106 Å². The molecule has 28 heavy (non-hydrogen) atoms. The number of ether oxygens (including phenoxy) is 1. The number of esters is 1. The minimum Gasteiger partial charge on any atom is -0.468 e. The Morgan fingerprint density at radius 1 is 0.893 bits per heavy atom. The molecule has 0 saturated heterocycles. The highest BCUT2D eigenvalue weighted by atomic mass is 16.5. The van der Waals surface area contributed by atoms with Gasteiger partial charge in [0.2, 0.25) is 0 Å². The summed E-state index contributed by atoms with van der Waals surface area (Å²) in [5, 5.41) is 0.434. The van der Waals surface area contributed by atoms with Crippen molar-refractivity contribution in [1.82, 2.24) is 0 Å². The van der Waals surface area contributed by atoms with Gasteiger partial charge in [0.15, 0.2) is 5.43 Å². The largest absolute Gasteiger partial charge is 0.468 e. The second-order valence-electron chi connectivity index (χ2n) is 6.46. The molecule has 138 valence electrons. The maximum Gasteiger partial charge on any atom is 0.317 e. The molecule has 0 N–H and O–H groups in total. The summed E-state index contributed by atoms with van der Waals surface area (Å²) in [5.41, 5.74) is 3.09. The highest BCUT2D eigenvalue weighted by Crippen LogP contribution is 2.27. The predicted molar refractivity (Wildman–Crippen MR) is 108 cm³/mol. The Bertz CT molecular complexity index is 1180. The first-order valence-corrected chi connectivity index (χ1v) is 8.92. The second-order valence-corrected chi connectivity index (χ2v) is 6.46. The summed E-state index contributed by atoms with van der Waals surface area (Å²) in [7, 11) is 1.31. The first-order valence-electron chi connectivity index (χ1n) is 8.92. The van der Waals surface area contributed by atoms with Crippen molar-refractivity contribution in [2.24, 2.45) is 0 Å². The molecule has 4 aromatic rings. The summed E-state index contributed by atoms with van der Waals surface area (Å²) in [6.45, 7) is 0. The third-order valence-electron chi connectivity index (χ3n) is 4.79. The van der Waals surface area contributed by atoms with Gasteiger partial charge < -0.3 is 9.15 Å². The average molecular weight is 370 g/mol. The maximum absolute atomic E-state index is 13.3. The van der Waals surface area contributed by atoms with Gasteiger partial charge in [-0.15, -0.1) is 0 Å². The van der Waals surface area contributed by atoms with E-state index in [4.69, 9.17) is 9.15 Å². The van der Waals surface area contributed by atoms with Crippen molar-refractivity contribution in [2.75, 3.05) is 7.11 Å². The van der Waals surface area contributed by atoms with E-state index >= 15 is 0 Å². The molecule has 1 aromatic heterocycles. The van der Waals surface area contributed by atoms with Crippen molar-refractivity contribution < 1.29 is 13.9 Å². The van der Waals surface area contributed by atoms with Crippen molar-refractivity contribution in [1.29, 1.82) is 0 Å². The van der Waals surface area contributed by atoms with Gasteiger partial charge in [-0.25, -0.2) is 0 Å². The van der Waals surface area contributed by atoms with E-state index in [0.29, 0.717) is 16.5 Å². The molecule has 0 saturated carbocycles. The van der Waals surface area contributed by atoms with Gasteiger partial charge >= 0.3 is 5.97 Å². The minimum absolute atomic E-state index is 0.238. The van der Waals surface area contributed by atoms with Crippen LogP contribution in [0.1, 0.15) is 17.0 Å².